The van der Waals surface area contributed by atoms with Crippen LogP contribution in [0, 0.1) is 0 Å². The summed E-state index contributed by atoms with van der Waals surface area (Å²) in [6.45, 7) is 1.61. The molecule has 0 aliphatic carbocycles. The van der Waals surface area contributed by atoms with Crippen LogP contribution in [0.25, 0.3) is 0 Å². The Balaban J connectivity index is 2.01. The molecule has 1 aliphatic rings. The molecule has 2 rings (SSSR count). The van der Waals surface area contributed by atoms with Gasteiger partial charge in [0.2, 0.25) is 0 Å². The average Bonchev–Trinajstić information content (AvgIpc) is 2.41. The van der Waals surface area contributed by atoms with Gasteiger partial charge in [0.05, 0.1) is 11.3 Å². The normalized spacial score (nSPS) is 15.7. The van der Waals surface area contributed by atoms with Crippen LogP contribution in [0.3, 0.4) is 0 Å². The lowest BCUT2D eigenvalue weighted by Gasteiger charge is -2.26. The summed E-state index contributed by atoms with van der Waals surface area (Å²) in [5, 5.41) is 13.8. The third-order valence-corrected chi connectivity index (χ3v) is 3.31. The number of piperidine rings is 1. The molecule has 0 spiro atoms. The molecule has 0 unspecified atom stereocenters. The highest BCUT2D eigenvalue weighted by Gasteiger charge is 2.16. The predicted molar refractivity (Wildman–Crippen MR) is 76.0 cm³/mol. The second-order valence-corrected chi connectivity index (χ2v) is 5.05. The minimum absolute atomic E-state index is 0.0358. The van der Waals surface area contributed by atoms with Gasteiger partial charge in [-0.1, -0.05) is 18.0 Å². The van der Waals surface area contributed by atoms with Crippen LogP contribution in [0.5, 0.6) is 0 Å². The van der Waals surface area contributed by atoms with Gasteiger partial charge in [-0.2, -0.15) is 0 Å². The molecule has 1 aromatic rings. The summed E-state index contributed by atoms with van der Waals surface area (Å²) in [5.41, 5.74) is 2.89. The van der Waals surface area contributed by atoms with E-state index in [9.17, 15) is 9.59 Å². The van der Waals surface area contributed by atoms with Crippen LogP contribution < -0.4 is 10.7 Å². The number of carboxylic acids is 1. The minimum atomic E-state index is -1.14. The van der Waals surface area contributed by atoms with E-state index in [2.05, 4.69) is 10.7 Å². The SMILES string of the molecule is O=C(Nc1ccc(Cl)cc1C(=O)O)NN1CCCCC1. The van der Waals surface area contributed by atoms with E-state index in [-0.39, 0.29) is 11.3 Å². The van der Waals surface area contributed by atoms with Gasteiger partial charge in [0, 0.05) is 18.1 Å². The quantitative estimate of drug-likeness (QED) is 0.801. The summed E-state index contributed by atoms with van der Waals surface area (Å²) in [6.07, 6.45) is 3.25. The van der Waals surface area contributed by atoms with Crippen LogP contribution >= 0.6 is 11.6 Å². The number of hydrogen-bond donors (Lipinski definition) is 3. The summed E-state index contributed by atoms with van der Waals surface area (Å²) < 4.78 is 0. The zero-order chi connectivity index (χ0) is 14.5. The number of nitrogens with zero attached hydrogens (tertiary/aromatic N) is 1. The molecule has 1 aliphatic heterocycles. The molecule has 1 heterocycles. The summed E-state index contributed by atoms with van der Waals surface area (Å²) in [7, 11) is 0. The van der Waals surface area contributed by atoms with Crippen molar-refractivity contribution in [2.75, 3.05) is 18.4 Å². The van der Waals surface area contributed by atoms with E-state index in [1.165, 1.54) is 24.6 Å². The first-order chi connectivity index (χ1) is 9.56. The first-order valence-corrected chi connectivity index (χ1v) is 6.79. The van der Waals surface area contributed by atoms with Crippen LogP contribution in [-0.4, -0.2) is 35.2 Å². The number of halogens is 1. The maximum atomic E-state index is 11.9. The lowest BCUT2D eigenvalue weighted by Crippen LogP contribution is -2.46. The third kappa shape index (κ3) is 3.85. The predicted octanol–water partition coefficient (Wildman–Crippen LogP) is 2.56. The zero-order valence-electron chi connectivity index (χ0n) is 10.9. The van der Waals surface area contributed by atoms with Gasteiger partial charge >= 0.3 is 12.0 Å². The fourth-order valence-electron chi connectivity index (χ4n) is 2.10. The van der Waals surface area contributed by atoms with E-state index in [0.29, 0.717) is 5.02 Å². The molecular formula is C13H16ClN3O3. The minimum Gasteiger partial charge on any atom is -0.478 e. The number of rotatable bonds is 3. The molecule has 7 heteroatoms. The van der Waals surface area contributed by atoms with Crippen LogP contribution in [0.15, 0.2) is 18.2 Å². The number of aromatic carboxylic acids is 1. The third-order valence-electron chi connectivity index (χ3n) is 3.08. The molecule has 108 valence electrons. The molecule has 2 amide bonds. The highest BCUT2D eigenvalue weighted by atomic mass is 35.5. The van der Waals surface area contributed by atoms with Crippen molar-refractivity contribution in [2.45, 2.75) is 19.3 Å². The van der Waals surface area contributed by atoms with Gasteiger partial charge in [-0.3, -0.25) is 5.43 Å². The number of carboxylic acid groups (broad SMARTS) is 1. The standard InChI is InChI=1S/C13H16ClN3O3/c14-9-4-5-11(10(8-9)12(18)19)15-13(20)16-17-6-2-1-3-7-17/h4-5,8H,1-3,6-7H2,(H,18,19)(H2,15,16,20). The molecule has 1 saturated heterocycles. The van der Waals surface area contributed by atoms with Crippen molar-refractivity contribution < 1.29 is 14.7 Å². The molecule has 6 nitrogen and oxygen atoms in total. The lowest BCUT2D eigenvalue weighted by molar-refractivity contribution is 0.0698. The van der Waals surface area contributed by atoms with Crippen LogP contribution in [0.4, 0.5) is 10.5 Å². The van der Waals surface area contributed by atoms with Gasteiger partial charge in [0.15, 0.2) is 0 Å². The Hall–Kier alpha value is -1.79. The van der Waals surface area contributed by atoms with Crippen LogP contribution in [-0.2, 0) is 0 Å². The molecule has 0 aromatic heterocycles. The molecule has 0 saturated carbocycles. The van der Waals surface area contributed by atoms with E-state index in [1.807, 2.05) is 5.01 Å². The van der Waals surface area contributed by atoms with Crippen molar-refractivity contribution >= 4 is 29.3 Å². The topological polar surface area (TPSA) is 81.7 Å². The van der Waals surface area contributed by atoms with E-state index in [1.54, 1.807) is 0 Å². The van der Waals surface area contributed by atoms with E-state index < -0.39 is 12.0 Å². The Labute approximate surface area is 121 Å². The number of hydrogen-bond acceptors (Lipinski definition) is 3. The molecule has 3 N–H and O–H groups in total. The molecule has 0 bridgehead atoms. The summed E-state index contributed by atoms with van der Waals surface area (Å²) >= 11 is 5.75. The van der Waals surface area contributed by atoms with Gasteiger partial charge in [-0.05, 0) is 31.0 Å². The molecule has 0 atom stereocenters. The Morgan fingerprint density at radius 3 is 2.55 bits per heavy atom. The van der Waals surface area contributed by atoms with Gasteiger partial charge in [0.25, 0.3) is 0 Å². The van der Waals surface area contributed by atoms with E-state index in [4.69, 9.17) is 16.7 Å². The molecular weight excluding hydrogens is 282 g/mol. The Bertz CT molecular complexity index is 516. The zero-order valence-corrected chi connectivity index (χ0v) is 11.6. The van der Waals surface area contributed by atoms with E-state index in [0.717, 1.165) is 25.9 Å². The number of nitrogens with one attached hydrogen (secondary N) is 2. The van der Waals surface area contributed by atoms with Gasteiger partial charge in [-0.25, -0.2) is 14.6 Å². The number of urea groups is 1. The van der Waals surface area contributed by atoms with Gasteiger partial charge in [-0.15, -0.1) is 0 Å². The maximum Gasteiger partial charge on any atom is 0.337 e. The van der Waals surface area contributed by atoms with Crippen molar-refractivity contribution in [2.24, 2.45) is 0 Å². The van der Waals surface area contributed by atoms with Crippen molar-refractivity contribution in [3.8, 4) is 0 Å². The monoisotopic (exact) mass is 297 g/mol. The highest BCUT2D eigenvalue weighted by Crippen LogP contribution is 2.20. The number of carbonyl (C=O) groups is 2. The lowest BCUT2D eigenvalue weighted by atomic mass is 10.2. The van der Waals surface area contributed by atoms with Gasteiger partial charge in [0.1, 0.15) is 0 Å². The van der Waals surface area contributed by atoms with Crippen molar-refractivity contribution in [3.63, 3.8) is 0 Å². The summed E-state index contributed by atoms with van der Waals surface area (Å²) in [6, 6.07) is 3.86. The van der Waals surface area contributed by atoms with E-state index >= 15 is 0 Å². The average molecular weight is 298 g/mol. The molecule has 1 aromatic carbocycles. The summed E-state index contributed by atoms with van der Waals surface area (Å²) in [5.74, 6) is -1.14. The number of hydrazine groups is 1. The number of anilines is 1. The molecule has 0 radical (unpaired) electrons. The molecule has 20 heavy (non-hydrogen) atoms. The second-order valence-electron chi connectivity index (χ2n) is 4.61. The Morgan fingerprint density at radius 1 is 1.20 bits per heavy atom. The largest absolute Gasteiger partial charge is 0.478 e. The molecule has 1 fully saturated rings. The summed E-state index contributed by atoms with van der Waals surface area (Å²) in [4.78, 5) is 23.0. The van der Waals surface area contributed by atoms with Crippen molar-refractivity contribution in [1.82, 2.24) is 10.4 Å². The first kappa shape index (κ1) is 14.6. The smallest absolute Gasteiger partial charge is 0.337 e. The number of carbonyl (C=O) groups excluding carboxylic acids is 1. The number of amides is 2. The van der Waals surface area contributed by atoms with Crippen molar-refractivity contribution in [3.05, 3.63) is 28.8 Å². The van der Waals surface area contributed by atoms with Gasteiger partial charge < -0.3 is 10.4 Å². The maximum absolute atomic E-state index is 11.9. The van der Waals surface area contributed by atoms with Crippen LogP contribution in [0.1, 0.15) is 29.6 Å². The highest BCUT2D eigenvalue weighted by molar-refractivity contribution is 6.31. The Kier molecular flexibility index (Phi) is 4.81. The fourth-order valence-corrected chi connectivity index (χ4v) is 2.27. The second kappa shape index (κ2) is 6.58. The fraction of sp³-hybridized carbons (Fsp3) is 0.385. The number of benzene rings is 1. The van der Waals surface area contributed by atoms with Crippen molar-refractivity contribution in [1.29, 1.82) is 0 Å². The Morgan fingerprint density at radius 2 is 1.90 bits per heavy atom. The van der Waals surface area contributed by atoms with Crippen LogP contribution in [0.2, 0.25) is 5.02 Å². The first-order valence-electron chi connectivity index (χ1n) is 6.41.